The first kappa shape index (κ1) is 15.8. The molecule has 0 unspecified atom stereocenters. The summed E-state index contributed by atoms with van der Waals surface area (Å²) in [4.78, 5) is 0. The number of rotatable bonds is 5. The maximum Gasteiger partial charge on any atom is 0.195 e. The van der Waals surface area contributed by atoms with Gasteiger partial charge in [0.15, 0.2) is 5.16 Å². The fraction of sp³-hybridized carbons (Fsp3) is 0.125. The summed E-state index contributed by atoms with van der Waals surface area (Å²) in [6.45, 7) is 0. The van der Waals surface area contributed by atoms with Gasteiger partial charge in [0.1, 0.15) is 17.9 Å². The quantitative estimate of drug-likeness (QED) is 0.642. The van der Waals surface area contributed by atoms with Crippen LogP contribution in [0.4, 0.5) is 4.39 Å². The van der Waals surface area contributed by atoms with Gasteiger partial charge in [0.05, 0.1) is 12.8 Å². The smallest absolute Gasteiger partial charge is 0.195 e. The van der Waals surface area contributed by atoms with Crippen LogP contribution in [0.5, 0.6) is 5.75 Å². The maximum atomic E-state index is 13.8. The number of halogens is 2. The van der Waals surface area contributed by atoms with E-state index < -0.39 is 0 Å². The van der Waals surface area contributed by atoms with E-state index in [9.17, 15) is 4.39 Å². The standard InChI is InChI=1S/C16H13ClFN3OS/c1-22-12-5-2-4-11(8-12)21-10-19-20-16(21)23-9-13-14(17)6-3-7-15(13)18/h2-8,10H,9H2,1H3. The van der Waals surface area contributed by atoms with Crippen LogP contribution in [0, 0.1) is 5.82 Å². The van der Waals surface area contributed by atoms with Crippen LogP contribution < -0.4 is 4.74 Å². The number of hydrogen-bond donors (Lipinski definition) is 0. The van der Waals surface area contributed by atoms with Gasteiger partial charge in [-0.1, -0.05) is 35.5 Å². The third kappa shape index (κ3) is 3.48. The number of aromatic nitrogens is 3. The summed E-state index contributed by atoms with van der Waals surface area (Å²) < 4.78 is 20.9. The Hall–Kier alpha value is -2.05. The molecule has 0 bridgehead atoms. The number of hydrogen-bond acceptors (Lipinski definition) is 4. The molecule has 118 valence electrons. The van der Waals surface area contributed by atoms with Crippen molar-refractivity contribution in [3.63, 3.8) is 0 Å². The van der Waals surface area contributed by atoms with E-state index in [0.717, 1.165) is 11.4 Å². The third-order valence-corrected chi connectivity index (χ3v) is 4.58. The van der Waals surface area contributed by atoms with Crippen LogP contribution in [0.25, 0.3) is 5.69 Å². The summed E-state index contributed by atoms with van der Waals surface area (Å²) in [6.07, 6.45) is 1.61. The molecular formula is C16H13ClFN3OS. The van der Waals surface area contributed by atoms with Gasteiger partial charge in [-0.25, -0.2) is 4.39 Å². The molecule has 0 aliphatic rings. The van der Waals surface area contributed by atoms with Crippen molar-refractivity contribution in [2.45, 2.75) is 10.9 Å². The molecule has 0 amide bonds. The number of ether oxygens (including phenoxy) is 1. The van der Waals surface area contributed by atoms with Crippen LogP contribution in [0.3, 0.4) is 0 Å². The van der Waals surface area contributed by atoms with E-state index in [2.05, 4.69) is 10.2 Å². The van der Waals surface area contributed by atoms with Gasteiger partial charge in [0, 0.05) is 22.4 Å². The Balaban J connectivity index is 1.84. The van der Waals surface area contributed by atoms with Crippen molar-refractivity contribution in [3.8, 4) is 11.4 Å². The first-order valence-corrected chi connectivity index (χ1v) is 8.15. The first-order chi connectivity index (χ1) is 11.2. The highest BCUT2D eigenvalue weighted by molar-refractivity contribution is 7.98. The molecule has 0 saturated heterocycles. The monoisotopic (exact) mass is 349 g/mol. The molecule has 0 spiro atoms. The van der Waals surface area contributed by atoms with E-state index in [-0.39, 0.29) is 5.82 Å². The van der Waals surface area contributed by atoms with Crippen LogP contribution in [0.15, 0.2) is 53.9 Å². The molecule has 1 aromatic heterocycles. The summed E-state index contributed by atoms with van der Waals surface area (Å²) >= 11 is 7.42. The Bertz CT molecular complexity index is 804. The van der Waals surface area contributed by atoms with E-state index in [1.165, 1.54) is 17.8 Å². The lowest BCUT2D eigenvalue weighted by atomic mass is 10.2. The van der Waals surface area contributed by atoms with Gasteiger partial charge >= 0.3 is 0 Å². The minimum Gasteiger partial charge on any atom is -0.497 e. The van der Waals surface area contributed by atoms with Gasteiger partial charge in [-0.05, 0) is 24.3 Å². The fourth-order valence-corrected chi connectivity index (χ4v) is 3.34. The summed E-state index contributed by atoms with van der Waals surface area (Å²) in [5.74, 6) is 0.787. The molecule has 0 aliphatic heterocycles. The van der Waals surface area contributed by atoms with Gasteiger partial charge < -0.3 is 4.74 Å². The topological polar surface area (TPSA) is 39.9 Å². The highest BCUT2D eigenvalue weighted by Crippen LogP contribution is 2.29. The maximum absolute atomic E-state index is 13.8. The lowest BCUT2D eigenvalue weighted by Crippen LogP contribution is -1.97. The molecule has 0 atom stereocenters. The molecule has 1 heterocycles. The van der Waals surface area contributed by atoms with Crippen molar-refractivity contribution in [1.29, 1.82) is 0 Å². The van der Waals surface area contributed by atoms with Crippen LogP contribution in [-0.4, -0.2) is 21.9 Å². The number of nitrogens with zero attached hydrogens (tertiary/aromatic N) is 3. The number of thioether (sulfide) groups is 1. The van der Waals surface area contributed by atoms with E-state index in [0.29, 0.717) is 21.5 Å². The molecule has 0 aliphatic carbocycles. The average Bonchev–Trinajstić information content (AvgIpc) is 3.03. The zero-order valence-corrected chi connectivity index (χ0v) is 13.8. The van der Waals surface area contributed by atoms with Crippen molar-refractivity contribution in [2.75, 3.05) is 7.11 Å². The lowest BCUT2D eigenvalue weighted by Gasteiger charge is -2.09. The summed E-state index contributed by atoms with van der Waals surface area (Å²) in [6, 6.07) is 12.2. The molecule has 3 rings (SSSR count). The molecule has 0 fully saturated rings. The zero-order chi connectivity index (χ0) is 16.2. The Morgan fingerprint density at radius 1 is 1.26 bits per heavy atom. The average molecular weight is 350 g/mol. The van der Waals surface area contributed by atoms with Crippen LogP contribution in [0.1, 0.15) is 5.56 Å². The molecule has 0 radical (unpaired) electrons. The van der Waals surface area contributed by atoms with E-state index >= 15 is 0 Å². The SMILES string of the molecule is COc1cccc(-n2cnnc2SCc2c(F)cccc2Cl)c1. The molecule has 7 heteroatoms. The molecule has 0 saturated carbocycles. The summed E-state index contributed by atoms with van der Waals surface area (Å²) in [5, 5.41) is 9.09. The fourth-order valence-electron chi connectivity index (χ4n) is 2.07. The summed E-state index contributed by atoms with van der Waals surface area (Å²) in [5.41, 5.74) is 1.33. The van der Waals surface area contributed by atoms with Crippen molar-refractivity contribution < 1.29 is 9.13 Å². The van der Waals surface area contributed by atoms with E-state index in [1.54, 1.807) is 25.6 Å². The van der Waals surface area contributed by atoms with Gasteiger partial charge in [-0.3, -0.25) is 4.57 Å². The Morgan fingerprint density at radius 3 is 2.87 bits per heavy atom. The molecule has 2 aromatic carbocycles. The normalized spacial score (nSPS) is 10.7. The van der Waals surface area contributed by atoms with E-state index in [1.807, 2.05) is 28.8 Å². The molecule has 4 nitrogen and oxygen atoms in total. The second-order valence-electron chi connectivity index (χ2n) is 4.67. The van der Waals surface area contributed by atoms with E-state index in [4.69, 9.17) is 16.3 Å². The molecule has 0 N–H and O–H groups in total. The predicted molar refractivity (Wildman–Crippen MR) is 88.9 cm³/mol. The Kier molecular flexibility index (Phi) is 4.83. The lowest BCUT2D eigenvalue weighted by molar-refractivity contribution is 0.414. The predicted octanol–water partition coefficient (Wildman–Crippen LogP) is 4.36. The molecular weight excluding hydrogens is 337 g/mol. The van der Waals surface area contributed by atoms with Crippen LogP contribution in [0.2, 0.25) is 5.02 Å². The zero-order valence-electron chi connectivity index (χ0n) is 12.2. The Morgan fingerprint density at radius 2 is 2.09 bits per heavy atom. The first-order valence-electron chi connectivity index (χ1n) is 6.79. The molecule has 3 aromatic rings. The Labute approximate surface area is 142 Å². The van der Waals surface area contributed by atoms with Gasteiger partial charge in [-0.15, -0.1) is 10.2 Å². The van der Waals surface area contributed by atoms with Gasteiger partial charge in [0.25, 0.3) is 0 Å². The highest BCUT2D eigenvalue weighted by atomic mass is 35.5. The second-order valence-corrected chi connectivity index (χ2v) is 6.02. The third-order valence-electron chi connectivity index (χ3n) is 3.26. The molecule has 23 heavy (non-hydrogen) atoms. The van der Waals surface area contributed by atoms with Gasteiger partial charge in [-0.2, -0.15) is 0 Å². The van der Waals surface area contributed by atoms with Crippen molar-refractivity contribution in [3.05, 3.63) is 65.2 Å². The van der Waals surface area contributed by atoms with Crippen LogP contribution >= 0.6 is 23.4 Å². The largest absolute Gasteiger partial charge is 0.497 e. The highest BCUT2D eigenvalue weighted by Gasteiger charge is 2.12. The van der Waals surface area contributed by atoms with Crippen LogP contribution in [-0.2, 0) is 5.75 Å². The minimum absolute atomic E-state index is 0.322. The number of methoxy groups -OCH3 is 1. The number of benzene rings is 2. The van der Waals surface area contributed by atoms with Gasteiger partial charge in [0.2, 0.25) is 0 Å². The second kappa shape index (κ2) is 7.02. The van der Waals surface area contributed by atoms with Crippen molar-refractivity contribution in [2.24, 2.45) is 0 Å². The van der Waals surface area contributed by atoms with Crippen molar-refractivity contribution in [1.82, 2.24) is 14.8 Å². The summed E-state index contributed by atoms with van der Waals surface area (Å²) in [7, 11) is 1.61. The minimum atomic E-state index is -0.322. The van der Waals surface area contributed by atoms with Crippen molar-refractivity contribution >= 4 is 23.4 Å².